The van der Waals surface area contributed by atoms with E-state index in [0.717, 1.165) is 5.56 Å². The highest BCUT2D eigenvalue weighted by Crippen LogP contribution is 2.46. The van der Waals surface area contributed by atoms with Crippen molar-refractivity contribution in [2.45, 2.75) is 17.2 Å². The predicted octanol–water partition coefficient (Wildman–Crippen LogP) is 4.66. The number of carbonyl (C=O) groups excluding carboxylic acids is 1. The van der Waals surface area contributed by atoms with Gasteiger partial charge in [-0.25, -0.2) is 4.79 Å². The van der Waals surface area contributed by atoms with Gasteiger partial charge in [-0.05, 0) is 18.1 Å². The molecule has 21 heavy (non-hydrogen) atoms. The van der Waals surface area contributed by atoms with Crippen molar-refractivity contribution in [3.63, 3.8) is 0 Å². The normalized spacial score (nSPS) is 15.0. The van der Waals surface area contributed by atoms with E-state index in [1.807, 2.05) is 48.5 Å². The highest BCUT2D eigenvalue weighted by molar-refractivity contribution is 6.40. The molecule has 2 atom stereocenters. The van der Waals surface area contributed by atoms with Gasteiger partial charge >= 0.3 is 5.97 Å². The molecule has 2 aromatic carbocycles. The van der Waals surface area contributed by atoms with Crippen LogP contribution in [0.2, 0.25) is 0 Å². The average molecular weight is 323 g/mol. The summed E-state index contributed by atoms with van der Waals surface area (Å²) in [5.74, 6) is -0.540. The largest absolute Gasteiger partial charge is 0.464 e. The molecule has 0 heterocycles. The van der Waals surface area contributed by atoms with Crippen LogP contribution in [-0.4, -0.2) is 12.6 Å². The molecular weight excluding hydrogens is 307 g/mol. The molecule has 0 radical (unpaired) electrons. The van der Waals surface area contributed by atoms with Crippen LogP contribution in [0.25, 0.3) is 0 Å². The number of esters is 1. The zero-order valence-corrected chi connectivity index (χ0v) is 13.1. The van der Waals surface area contributed by atoms with Gasteiger partial charge in [0.25, 0.3) is 0 Å². The van der Waals surface area contributed by atoms with E-state index >= 15 is 0 Å². The van der Waals surface area contributed by atoms with Crippen molar-refractivity contribution in [2.24, 2.45) is 0 Å². The van der Waals surface area contributed by atoms with Crippen LogP contribution in [0.4, 0.5) is 0 Å². The van der Waals surface area contributed by atoms with Crippen molar-refractivity contribution in [3.8, 4) is 0 Å². The van der Waals surface area contributed by atoms with Crippen molar-refractivity contribution in [1.29, 1.82) is 0 Å². The van der Waals surface area contributed by atoms with Gasteiger partial charge in [-0.15, -0.1) is 11.6 Å². The summed E-state index contributed by atoms with van der Waals surface area (Å²) < 4.78 is 5.15. The summed E-state index contributed by atoms with van der Waals surface area (Å²) in [5.41, 5.74) is 1.39. The predicted molar refractivity (Wildman–Crippen MR) is 85.6 cm³/mol. The van der Waals surface area contributed by atoms with Gasteiger partial charge in [-0.3, -0.25) is 0 Å². The van der Waals surface area contributed by atoms with Gasteiger partial charge in [0.2, 0.25) is 0 Å². The minimum atomic E-state index is -1.46. The quantitative estimate of drug-likeness (QED) is 0.591. The number of hydrogen-bond donors (Lipinski definition) is 0. The second kappa shape index (κ2) is 6.97. The molecule has 0 aliphatic carbocycles. The maximum Gasteiger partial charge on any atom is 0.333 e. The Bertz CT molecular complexity index is 586. The lowest BCUT2D eigenvalue weighted by atomic mass is 9.90. The molecule has 0 saturated carbocycles. The third-order valence-corrected chi connectivity index (χ3v) is 4.49. The fraction of sp³-hybridized carbons (Fsp3) is 0.235. The first-order chi connectivity index (χ1) is 10.1. The second-order valence-corrected chi connectivity index (χ2v) is 5.60. The summed E-state index contributed by atoms with van der Waals surface area (Å²) in [6.07, 6.45) is 0. The van der Waals surface area contributed by atoms with E-state index < -0.39 is 16.2 Å². The molecule has 0 saturated heterocycles. The summed E-state index contributed by atoms with van der Waals surface area (Å²) >= 11 is 13.2. The van der Waals surface area contributed by atoms with Gasteiger partial charge in [-0.1, -0.05) is 72.3 Å². The maximum absolute atomic E-state index is 12.4. The molecule has 0 aliphatic heterocycles. The van der Waals surface area contributed by atoms with Crippen molar-refractivity contribution >= 4 is 29.2 Å². The number of halogens is 2. The van der Waals surface area contributed by atoms with E-state index in [2.05, 4.69) is 0 Å². The molecule has 0 N–H and O–H groups in total. The van der Waals surface area contributed by atoms with Gasteiger partial charge < -0.3 is 4.74 Å². The first-order valence-electron chi connectivity index (χ1n) is 6.71. The van der Waals surface area contributed by atoms with Crippen molar-refractivity contribution in [3.05, 3.63) is 71.8 Å². The van der Waals surface area contributed by atoms with Crippen molar-refractivity contribution in [2.75, 3.05) is 6.61 Å². The molecule has 0 aromatic heterocycles. The Morgan fingerprint density at radius 2 is 1.62 bits per heavy atom. The second-order valence-electron chi connectivity index (χ2n) is 4.57. The standard InChI is InChI=1S/C17H16Cl2O2/c1-2-21-16(20)17(19,14-11-7-4-8-12-14)15(18)13-9-5-3-6-10-13/h3-12,15H,2H2,1H3/t15-,17-/m1/s1. The Kier molecular flexibility index (Phi) is 5.27. The van der Waals surface area contributed by atoms with E-state index in [0.29, 0.717) is 5.56 Å². The van der Waals surface area contributed by atoms with Crippen LogP contribution in [0.1, 0.15) is 23.4 Å². The topological polar surface area (TPSA) is 26.3 Å². The lowest BCUT2D eigenvalue weighted by Gasteiger charge is -2.30. The molecule has 110 valence electrons. The summed E-state index contributed by atoms with van der Waals surface area (Å²) in [6, 6.07) is 18.4. The van der Waals surface area contributed by atoms with Crippen LogP contribution in [0, 0.1) is 0 Å². The van der Waals surface area contributed by atoms with Crippen LogP contribution in [0.3, 0.4) is 0 Å². The molecule has 2 nitrogen and oxygen atoms in total. The van der Waals surface area contributed by atoms with Crippen LogP contribution >= 0.6 is 23.2 Å². The van der Waals surface area contributed by atoms with E-state index in [1.165, 1.54) is 0 Å². The highest BCUT2D eigenvalue weighted by atomic mass is 35.5. The van der Waals surface area contributed by atoms with Gasteiger partial charge in [0.1, 0.15) is 0 Å². The number of carbonyl (C=O) groups is 1. The monoisotopic (exact) mass is 322 g/mol. The number of ether oxygens (including phenoxy) is 1. The van der Waals surface area contributed by atoms with Crippen LogP contribution in [-0.2, 0) is 14.4 Å². The molecular formula is C17H16Cl2O2. The minimum absolute atomic E-state index is 0.249. The Balaban J connectivity index is 2.48. The number of benzene rings is 2. The Labute approximate surface area is 134 Å². The average Bonchev–Trinajstić information content (AvgIpc) is 2.55. The summed E-state index contributed by atoms with van der Waals surface area (Å²) in [6.45, 7) is 1.99. The van der Waals surface area contributed by atoms with Crippen LogP contribution in [0.5, 0.6) is 0 Å². The van der Waals surface area contributed by atoms with E-state index in [4.69, 9.17) is 27.9 Å². The van der Waals surface area contributed by atoms with Gasteiger partial charge in [-0.2, -0.15) is 0 Å². The summed E-state index contributed by atoms with van der Waals surface area (Å²) in [5, 5.41) is -0.734. The van der Waals surface area contributed by atoms with Crippen LogP contribution in [0.15, 0.2) is 60.7 Å². The fourth-order valence-corrected chi connectivity index (χ4v) is 2.80. The number of alkyl halides is 2. The zero-order valence-electron chi connectivity index (χ0n) is 11.6. The lowest BCUT2D eigenvalue weighted by molar-refractivity contribution is -0.146. The minimum Gasteiger partial charge on any atom is -0.464 e. The zero-order chi connectivity index (χ0) is 15.3. The Morgan fingerprint density at radius 1 is 1.10 bits per heavy atom. The smallest absolute Gasteiger partial charge is 0.333 e. The molecule has 0 spiro atoms. The van der Waals surface area contributed by atoms with E-state index in [9.17, 15) is 4.79 Å². The van der Waals surface area contributed by atoms with Gasteiger partial charge in [0.05, 0.1) is 12.0 Å². The molecule has 2 aromatic rings. The summed E-state index contributed by atoms with van der Waals surface area (Å²) in [4.78, 5) is 11.0. The third-order valence-electron chi connectivity index (χ3n) is 3.21. The molecule has 0 bridgehead atoms. The molecule has 0 amide bonds. The highest BCUT2D eigenvalue weighted by Gasteiger charge is 2.47. The number of rotatable bonds is 5. The first kappa shape index (κ1) is 15.9. The molecule has 4 heteroatoms. The molecule has 0 fully saturated rings. The van der Waals surface area contributed by atoms with Crippen molar-refractivity contribution in [1.82, 2.24) is 0 Å². The Hall–Kier alpha value is -1.51. The summed E-state index contributed by atoms with van der Waals surface area (Å²) in [7, 11) is 0. The van der Waals surface area contributed by atoms with Crippen molar-refractivity contribution < 1.29 is 9.53 Å². The Morgan fingerprint density at radius 3 is 2.14 bits per heavy atom. The van der Waals surface area contributed by atoms with Crippen LogP contribution < -0.4 is 0 Å². The molecule has 0 unspecified atom stereocenters. The van der Waals surface area contributed by atoms with Gasteiger partial charge in [0, 0.05) is 0 Å². The number of hydrogen-bond acceptors (Lipinski definition) is 2. The van der Waals surface area contributed by atoms with E-state index in [-0.39, 0.29) is 6.61 Å². The third kappa shape index (κ3) is 3.22. The molecule has 0 aliphatic rings. The van der Waals surface area contributed by atoms with Gasteiger partial charge in [0.15, 0.2) is 4.87 Å². The lowest BCUT2D eigenvalue weighted by Crippen LogP contribution is -2.36. The fourth-order valence-electron chi connectivity index (χ4n) is 2.14. The molecule has 2 rings (SSSR count). The SMILES string of the molecule is CCOC(=O)[C@@](Cl)(c1ccccc1)[C@H](Cl)c1ccccc1. The van der Waals surface area contributed by atoms with E-state index in [1.54, 1.807) is 19.1 Å². The first-order valence-corrected chi connectivity index (χ1v) is 7.52. The maximum atomic E-state index is 12.4.